The van der Waals surface area contributed by atoms with E-state index in [1.54, 1.807) is 40.0 Å². The number of carboxylic acid groups (broad SMARTS) is 1. The summed E-state index contributed by atoms with van der Waals surface area (Å²) in [7, 11) is 1.54. The Morgan fingerprint density at radius 3 is 2.67 bits per heavy atom. The highest BCUT2D eigenvalue weighted by atomic mass is 19.1. The van der Waals surface area contributed by atoms with Crippen LogP contribution >= 0.6 is 0 Å². The van der Waals surface area contributed by atoms with Gasteiger partial charge in [-0.3, -0.25) is 14.5 Å². The van der Waals surface area contributed by atoms with E-state index in [9.17, 15) is 24.2 Å². The second-order valence-corrected chi connectivity index (χ2v) is 9.62. The molecule has 4 N–H and O–H groups in total. The van der Waals surface area contributed by atoms with Gasteiger partial charge < -0.3 is 15.9 Å². The summed E-state index contributed by atoms with van der Waals surface area (Å²) >= 11 is 0. The van der Waals surface area contributed by atoms with Gasteiger partial charge in [0.2, 0.25) is 5.91 Å². The van der Waals surface area contributed by atoms with Gasteiger partial charge in [0.05, 0.1) is 17.4 Å². The van der Waals surface area contributed by atoms with Crippen LogP contribution in [-0.4, -0.2) is 46.1 Å². The Balaban J connectivity index is 1.69. The van der Waals surface area contributed by atoms with Crippen LogP contribution < -0.4 is 5.73 Å². The molecular weight excluding hydrogens is 389 g/mol. The number of aliphatic hydroxyl groups is 1. The summed E-state index contributed by atoms with van der Waals surface area (Å²) in [5.74, 6) is -2.12. The van der Waals surface area contributed by atoms with Crippen LogP contribution in [0, 0.1) is 34.9 Å². The summed E-state index contributed by atoms with van der Waals surface area (Å²) in [6, 6.07) is 4.68. The van der Waals surface area contributed by atoms with E-state index in [1.165, 1.54) is 11.0 Å². The summed E-state index contributed by atoms with van der Waals surface area (Å²) < 4.78 is 15.0. The molecule has 0 aromatic heterocycles. The van der Waals surface area contributed by atoms with Crippen molar-refractivity contribution in [3.05, 3.63) is 35.1 Å². The largest absolute Gasteiger partial charge is 0.481 e. The molecule has 1 unspecified atom stereocenters. The molecule has 1 aliphatic heterocycles. The van der Waals surface area contributed by atoms with Crippen LogP contribution in [0.15, 0.2) is 23.2 Å². The van der Waals surface area contributed by atoms with Crippen LogP contribution in [-0.2, 0) is 21.5 Å². The molecule has 162 valence electrons. The quantitative estimate of drug-likeness (QED) is 0.690. The Bertz CT molecular complexity index is 962. The molecule has 1 aromatic rings. The van der Waals surface area contributed by atoms with E-state index in [2.05, 4.69) is 4.99 Å². The van der Waals surface area contributed by atoms with Gasteiger partial charge in [0.1, 0.15) is 11.4 Å². The average Bonchev–Trinajstić information content (AvgIpc) is 3.29. The number of aliphatic hydroxyl groups excluding tert-OH is 1. The van der Waals surface area contributed by atoms with Gasteiger partial charge in [-0.25, -0.2) is 9.38 Å². The summed E-state index contributed by atoms with van der Waals surface area (Å²) in [4.78, 5) is 30.0. The minimum atomic E-state index is -1.21. The van der Waals surface area contributed by atoms with Crippen LogP contribution in [0.4, 0.5) is 4.39 Å². The Kier molecular flexibility index (Phi) is 4.51. The first-order chi connectivity index (χ1) is 13.9. The number of guanidine groups is 1. The van der Waals surface area contributed by atoms with Crippen LogP contribution in [0.25, 0.3) is 0 Å². The van der Waals surface area contributed by atoms with Crippen molar-refractivity contribution in [2.24, 2.45) is 39.8 Å². The van der Waals surface area contributed by atoms with Gasteiger partial charge in [-0.05, 0) is 63.0 Å². The molecule has 4 rings (SSSR count). The average molecular weight is 417 g/mol. The number of carboxylic acids is 1. The highest BCUT2D eigenvalue weighted by molar-refractivity contribution is 6.01. The van der Waals surface area contributed by atoms with Crippen LogP contribution in [0.5, 0.6) is 0 Å². The molecule has 7 nitrogen and oxygen atoms in total. The van der Waals surface area contributed by atoms with Crippen molar-refractivity contribution in [3.63, 3.8) is 0 Å². The predicted octanol–water partition coefficient (Wildman–Crippen LogP) is 1.72. The third kappa shape index (κ3) is 2.76. The van der Waals surface area contributed by atoms with Gasteiger partial charge in [0.15, 0.2) is 5.96 Å². The Morgan fingerprint density at radius 1 is 1.37 bits per heavy atom. The summed E-state index contributed by atoms with van der Waals surface area (Å²) in [6.45, 7) is 5.15. The minimum Gasteiger partial charge on any atom is -0.481 e. The maximum absolute atomic E-state index is 15.0. The number of hydrogen-bond acceptors (Lipinski definition) is 5. The Morgan fingerprint density at radius 2 is 2.03 bits per heavy atom. The SMILES string of the molecule is CN1C(=O)C(C)(C)[C@@](C)(c2cc(CC3[C@H]4[C@@H](C[C@H]3O)[C@@H]4C(=O)O)ccc2F)N=C1N. The molecule has 8 heteroatoms. The Labute approximate surface area is 174 Å². The predicted molar refractivity (Wildman–Crippen MR) is 108 cm³/mol. The molecular formula is C22H28FN3O4. The molecule has 1 aromatic carbocycles. The van der Waals surface area contributed by atoms with Gasteiger partial charge in [-0.1, -0.05) is 12.1 Å². The zero-order valence-electron chi connectivity index (χ0n) is 17.6. The zero-order valence-corrected chi connectivity index (χ0v) is 17.6. The first-order valence-electron chi connectivity index (χ1n) is 10.2. The second kappa shape index (κ2) is 6.51. The van der Waals surface area contributed by atoms with Crippen molar-refractivity contribution in [2.45, 2.75) is 45.3 Å². The van der Waals surface area contributed by atoms with Crippen LogP contribution in [0.1, 0.15) is 38.3 Å². The van der Waals surface area contributed by atoms with Gasteiger partial charge >= 0.3 is 5.97 Å². The van der Waals surface area contributed by atoms with Crippen molar-refractivity contribution >= 4 is 17.8 Å². The lowest BCUT2D eigenvalue weighted by Crippen LogP contribution is -2.58. The van der Waals surface area contributed by atoms with E-state index in [-0.39, 0.29) is 35.2 Å². The van der Waals surface area contributed by atoms with E-state index in [1.807, 2.05) is 0 Å². The Hall–Kier alpha value is -2.48. The number of halogens is 1. The van der Waals surface area contributed by atoms with Gasteiger partial charge in [-0.2, -0.15) is 0 Å². The first kappa shape index (κ1) is 20.8. The van der Waals surface area contributed by atoms with Gasteiger partial charge in [-0.15, -0.1) is 0 Å². The fourth-order valence-electron chi connectivity index (χ4n) is 5.53. The van der Waals surface area contributed by atoms with Crippen molar-refractivity contribution in [2.75, 3.05) is 7.05 Å². The number of carbonyl (C=O) groups excluding carboxylic acids is 1. The van der Waals surface area contributed by atoms with Crippen LogP contribution in [0.2, 0.25) is 0 Å². The van der Waals surface area contributed by atoms with E-state index < -0.39 is 34.8 Å². The highest BCUT2D eigenvalue weighted by Gasteiger charge is 2.64. The lowest BCUT2D eigenvalue weighted by molar-refractivity contribution is -0.141. The molecule has 0 spiro atoms. The topological polar surface area (TPSA) is 116 Å². The molecule has 1 heterocycles. The number of benzene rings is 1. The van der Waals surface area contributed by atoms with Crippen molar-refractivity contribution in [1.29, 1.82) is 0 Å². The fourth-order valence-corrected chi connectivity index (χ4v) is 5.53. The molecule has 0 radical (unpaired) electrons. The van der Waals surface area contributed by atoms with Crippen molar-refractivity contribution in [1.82, 2.24) is 4.90 Å². The normalized spacial score (nSPS) is 37.0. The number of nitrogens with two attached hydrogens (primary N) is 1. The highest BCUT2D eigenvalue weighted by Crippen LogP contribution is 2.61. The number of amides is 1. The van der Waals surface area contributed by atoms with E-state index in [4.69, 9.17) is 5.73 Å². The van der Waals surface area contributed by atoms with Gasteiger partial charge in [0, 0.05) is 12.6 Å². The number of carbonyl (C=O) groups is 2. The number of rotatable bonds is 4. The third-order valence-corrected chi connectivity index (χ3v) is 7.78. The summed E-state index contributed by atoms with van der Waals surface area (Å²) in [5, 5.41) is 19.7. The van der Waals surface area contributed by atoms with E-state index in [0.717, 1.165) is 5.56 Å². The molecule has 6 atom stereocenters. The number of nitrogens with zero attached hydrogens (tertiary/aromatic N) is 2. The second-order valence-electron chi connectivity index (χ2n) is 9.62. The standard InChI is InChI=1S/C22H28FN3O4/c1-21(2)19(30)26(4)20(24)25-22(21,3)13-8-10(5-6-14(13)23)7-11-15(27)9-12-16(11)17(12)18(28)29/h5-6,8,11-12,15-17,27H,7,9H2,1-4H3,(H2,24,25)(H,28,29)/t11?,12-,15-,16+,17+,22-/m1/s1. The molecule has 3 aliphatic rings. The van der Waals surface area contributed by atoms with Gasteiger partial charge in [0.25, 0.3) is 0 Å². The zero-order chi connectivity index (χ0) is 22.2. The summed E-state index contributed by atoms with van der Waals surface area (Å²) in [6.07, 6.45) is 0.380. The fraction of sp³-hybridized carbons (Fsp3) is 0.591. The molecule has 30 heavy (non-hydrogen) atoms. The van der Waals surface area contributed by atoms with E-state index >= 15 is 0 Å². The molecule has 2 fully saturated rings. The monoisotopic (exact) mass is 417 g/mol. The third-order valence-electron chi connectivity index (χ3n) is 7.78. The number of fused-ring (bicyclic) bond motifs is 1. The molecule has 2 saturated carbocycles. The molecule has 0 bridgehead atoms. The molecule has 1 amide bonds. The van der Waals surface area contributed by atoms with Crippen molar-refractivity contribution < 1.29 is 24.2 Å². The van der Waals surface area contributed by atoms with E-state index in [0.29, 0.717) is 12.8 Å². The summed E-state index contributed by atoms with van der Waals surface area (Å²) in [5.41, 5.74) is 4.76. The maximum Gasteiger partial charge on any atom is 0.307 e. The maximum atomic E-state index is 15.0. The lowest BCUT2D eigenvalue weighted by Gasteiger charge is -2.46. The lowest BCUT2D eigenvalue weighted by atomic mass is 9.67. The minimum absolute atomic E-state index is 0.0229. The molecule has 0 saturated heterocycles. The first-order valence-corrected chi connectivity index (χ1v) is 10.2. The number of aliphatic carboxylic acids is 1. The number of hydrogen-bond donors (Lipinski definition) is 3. The smallest absolute Gasteiger partial charge is 0.307 e. The molecule has 2 aliphatic carbocycles. The van der Waals surface area contributed by atoms with Crippen LogP contribution in [0.3, 0.4) is 0 Å². The van der Waals surface area contributed by atoms with Crippen molar-refractivity contribution in [3.8, 4) is 0 Å². The number of aliphatic imine (C=N–C) groups is 1.